The van der Waals surface area contributed by atoms with Gasteiger partial charge in [0.2, 0.25) is 0 Å². The fourth-order valence-corrected chi connectivity index (χ4v) is 1.20. The molecular formula is C6H7N3O3S. The number of sulfonamides is 1. The number of primary sulfonamides is 1. The average Bonchev–Trinajstić information content (AvgIpc) is 2.03. The van der Waals surface area contributed by atoms with Crippen LogP contribution in [-0.2, 0) is 10.0 Å². The SMILES string of the molecule is NC(=O)c1cccc(S(N)(=O)=O)n1. The van der Waals surface area contributed by atoms with Gasteiger partial charge in [0.05, 0.1) is 0 Å². The van der Waals surface area contributed by atoms with Gasteiger partial charge in [0.25, 0.3) is 15.9 Å². The van der Waals surface area contributed by atoms with Crippen LogP contribution in [-0.4, -0.2) is 19.3 Å². The van der Waals surface area contributed by atoms with Gasteiger partial charge in [-0.2, -0.15) is 0 Å². The highest BCUT2D eigenvalue weighted by Gasteiger charge is 2.11. The Balaban J connectivity index is 3.29. The minimum absolute atomic E-state index is 0.133. The largest absolute Gasteiger partial charge is 0.364 e. The maximum Gasteiger partial charge on any atom is 0.267 e. The van der Waals surface area contributed by atoms with E-state index in [1.54, 1.807) is 0 Å². The Labute approximate surface area is 74.6 Å². The van der Waals surface area contributed by atoms with Gasteiger partial charge in [-0.15, -0.1) is 0 Å². The summed E-state index contributed by atoms with van der Waals surface area (Å²) >= 11 is 0. The molecule has 1 amide bonds. The van der Waals surface area contributed by atoms with E-state index in [0.717, 1.165) is 0 Å². The Morgan fingerprint density at radius 1 is 1.38 bits per heavy atom. The molecule has 1 rings (SSSR count). The lowest BCUT2D eigenvalue weighted by Gasteiger charge is -1.98. The number of hydrogen-bond acceptors (Lipinski definition) is 4. The summed E-state index contributed by atoms with van der Waals surface area (Å²) in [6, 6.07) is 3.83. The van der Waals surface area contributed by atoms with Crippen LogP contribution in [0.25, 0.3) is 0 Å². The molecule has 1 heterocycles. The summed E-state index contributed by atoms with van der Waals surface area (Å²) in [7, 11) is -3.88. The molecule has 0 aromatic carbocycles. The monoisotopic (exact) mass is 201 g/mol. The predicted octanol–water partition coefficient (Wildman–Crippen LogP) is -1.17. The second-order valence-electron chi connectivity index (χ2n) is 2.27. The van der Waals surface area contributed by atoms with Crippen molar-refractivity contribution in [2.45, 2.75) is 5.03 Å². The Bertz CT molecular complexity index is 440. The van der Waals surface area contributed by atoms with Crippen LogP contribution in [0, 0.1) is 0 Å². The third kappa shape index (κ3) is 2.23. The second kappa shape index (κ2) is 3.11. The van der Waals surface area contributed by atoms with E-state index in [1.807, 2.05) is 0 Å². The van der Waals surface area contributed by atoms with Crippen LogP contribution in [0.15, 0.2) is 23.2 Å². The van der Waals surface area contributed by atoms with Crippen molar-refractivity contribution in [3.63, 3.8) is 0 Å². The predicted molar refractivity (Wildman–Crippen MR) is 44.1 cm³/mol. The molecule has 4 N–H and O–H groups in total. The first-order valence-corrected chi connectivity index (χ1v) is 4.75. The number of nitrogens with two attached hydrogens (primary N) is 2. The van der Waals surface area contributed by atoms with Crippen LogP contribution in [0.5, 0.6) is 0 Å². The van der Waals surface area contributed by atoms with Gasteiger partial charge in [-0.25, -0.2) is 18.5 Å². The zero-order chi connectivity index (χ0) is 10.1. The molecule has 0 spiro atoms. The normalized spacial score (nSPS) is 11.2. The van der Waals surface area contributed by atoms with Crippen molar-refractivity contribution in [2.24, 2.45) is 10.9 Å². The lowest BCUT2D eigenvalue weighted by atomic mass is 10.3. The van der Waals surface area contributed by atoms with Crippen molar-refractivity contribution in [3.05, 3.63) is 23.9 Å². The van der Waals surface area contributed by atoms with E-state index in [0.29, 0.717) is 0 Å². The molecule has 0 aliphatic carbocycles. The lowest BCUT2D eigenvalue weighted by Crippen LogP contribution is -2.18. The molecule has 0 saturated heterocycles. The van der Waals surface area contributed by atoms with Crippen LogP contribution in [0.2, 0.25) is 0 Å². The highest BCUT2D eigenvalue weighted by atomic mass is 32.2. The molecule has 0 fully saturated rings. The number of rotatable bonds is 2. The van der Waals surface area contributed by atoms with E-state index in [4.69, 9.17) is 10.9 Å². The van der Waals surface area contributed by atoms with Crippen LogP contribution < -0.4 is 10.9 Å². The first-order valence-electron chi connectivity index (χ1n) is 3.21. The number of carbonyl (C=O) groups excluding carboxylic acids is 1. The highest BCUT2D eigenvalue weighted by molar-refractivity contribution is 7.89. The number of hydrogen-bond donors (Lipinski definition) is 2. The zero-order valence-corrected chi connectivity index (χ0v) is 7.28. The van der Waals surface area contributed by atoms with Gasteiger partial charge in [-0.05, 0) is 12.1 Å². The van der Waals surface area contributed by atoms with E-state index in [9.17, 15) is 13.2 Å². The highest BCUT2D eigenvalue weighted by Crippen LogP contribution is 2.03. The maximum atomic E-state index is 10.8. The number of amides is 1. The summed E-state index contributed by atoms with van der Waals surface area (Å²) < 4.78 is 21.5. The van der Waals surface area contributed by atoms with Crippen LogP contribution >= 0.6 is 0 Å². The van der Waals surface area contributed by atoms with Crippen LogP contribution in [0.3, 0.4) is 0 Å². The van der Waals surface area contributed by atoms with Gasteiger partial charge < -0.3 is 5.73 Å². The van der Waals surface area contributed by atoms with Gasteiger partial charge >= 0.3 is 0 Å². The quantitative estimate of drug-likeness (QED) is 0.626. The van der Waals surface area contributed by atoms with Crippen molar-refractivity contribution in [3.8, 4) is 0 Å². The Kier molecular flexibility index (Phi) is 2.30. The van der Waals surface area contributed by atoms with E-state index in [-0.39, 0.29) is 10.7 Å². The molecule has 0 radical (unpaired) electrons. The minimum Gasteiger partial charge on any atom is -0.364 e. The third-order valence-corrected chi connectivity index (χ3v) is 2.08. The lowest BCUT2D eigenvalue weighted by molar-refractivity contribution is 0.0995. The molecule has 0 bridgehead atoms. The molecule has 0 aliphatic rings. The van der Waals surface area contributed by atoms with Crippen molar-refractivity contribution in [1.29, 1.82) is 0 Å². The summed E-state index contributed by atoms with van der Waals surface area (Å²) in [6.45, 7) is 0. The van der Waals surface area contributed by atoms with Gasteiger partial charge in [0.15, 0.2) is 5.03 Å². The zero-order valence-electron chi connectivity index (χ0n) is 6.47. The first-order chi connectivity index (χ1) is 5.91. The standard InChI is InChI=1S/C6H7N3O3S/c7-6(10)4-2-1-3-5(9-4)13(8,11)12/h1-3H,(H2,7,10)(H2,8,11,12). The van der Waals surface area contributed by atoms with E-state index in [2.05, 4.69) is 4.98 Å². The molecule has 0 unspecified atom stereocenters. The van der Waals surface area contributed by atoms with Crippen molar-refractivity contribution in [1.82, 2.24) is 4.98 Å². The first kappa shape index (κ1) is 9.62. The average molecular weight is 201 g/mol. The summed E-state index contributed by atoms with van der Waals surface area (Å²) in [5.74, 6) is -0.800. The van der Waals surface area contributed by atoms with Crippen molar-refractivity contribution in [2.75, 3.05) is 0 Å². The molecule has 0 aliphatic heterocycles. The topological polar surface area (TPSA) is 116 Å². The molecule has 0 saturated carbocycles. The number of carbonyl (C=O) groups is 1. The third-order valence-electron chi connectivity index (χ3n) is 1.27. The summed E-state index contributed by atoms with van der Waals surface area (Å²) in [5, 5.41) is 4.41. The van der Waals surface area contributed by atoms with Gasteiger partial charge in [-0.1, -0.05) is 6.07 Å². The number of pyridine rings is 1. The van der Waals surface area contributed by atoms with E-state index in [1.165, 1.54) is 18.2 Å². The molecular weight excluding hydrogens is 194 g/mol. The minimum atomic E-state index is -3.88. The van der Waals surface area contributed by atoms with E-state index < -0.39 is 15.9 Å². The van der Waals surface area contributed by atoms with Crippen molar-refractivity contribution < 1.29 is 13.2 Å². The molecule has 70 valence electrons. The summed E-state index contributed by atoms with van der Waals surface area (Å²) in [4.78, 5) is 14.1. The number of aromatic nitrogens is 1. The van der Waals surface area contributed by atoms with Crippen LogP contribution in [0.1, 0.15) is 10.5 Å². The second-order valence-corrected chi connectivity index (χ2v) is 3.78. The summed E-state index contributed by atoms with van der Waals surface area (Å²) in [5.41, 5.74) is 4.76. The van der Waals surface area contributed by atoms with Gasteiger partial charge in [0.1, 0.15) is 5.69 Å². The fraction of sp³-hybridized carbons (Fsp3) is 0. The summed E-state index contributed by atoms with van der Waals surface area (Å²) in [6.07, 6.45) is 0. The Morgan fingerprint density at radius 2 is 2.00 bits per heavy atom. The molecule has 1 aromatic rings. The van der Waals surface area contributed by atoms with Crippen molar-refractivity contribution >= 4 is 15.9 Å². The Hall–Kier alpha value is -1.47. The fourth-order valence-electron chi connectivity index (χ4n) is 0.711. The van der Waals surface area contributed by atoms with E-state index >= 15 is 0 Å². The molecule has 13 heavy (non-hydrogen) atoms. The Morgan fingerprint density at radius 3 is 2.46 bits per heavy atom. The molecule has 1 aromatic heterocycles. The molecule has 6 nitrogen and oxygen atoms in total. The number of nitrogens with zero attached hydrogens (tertiary/aromatic N) is 1. The number of primary amides is 1. The van der Waals surface area contributed by atoms with Gasteiger partial charge in [-0.3, -0.25) is 4.79 Å². The molecule has 0 atom stereocenters. The smallest absolute Gasteiger partial charge is 0.267 e. The van der Waals surface area contributed by atoms with Gasteiger partial charge in [0, 0.05) is 0 Å². The van der Waals surface area contributed by atoms with Crippen LogP contribution in [0.4, 0.5) is 0 Å². The molecule has 7 heteroatoms. The maximum absolute atomic E-state index is 10.8.